The molecule has 1 rings (SSSR count). The molecule has 0 aromatic carbocycles. The van der Waals surface area contributed by atoms with Crippen LogP contribution in [0, 0.1) is 0 Å². The summed E-state index contributed by atoms with van der Waals surface area (Å²) in [6, 6.07) is 0. The van der Waals surface area contributed by atoms with E-state index in [-0.39, 0.29) is 10.8 Å². The van der Waals surface area contributed by atoms with E-state index in [1.807, 2.05) is 0 Å². The lowest BCUT2D eigenvalue weighted by molar-refractivity contribution is 0.0990. The Morgan fingerprint density at radius 2 is 2.15 bits per heavy atom. The molecule has 1 atom stereocenters. The van der Waals surface area contributed by atoms with E-state index in [1.165, 1.54) is 12.4 Å². The number of hydrogen-bond acceptors (Lipinski definition) is 4. The molecule has 1 amide bonds. The molecule has 0 aliphatic rings. The molecule has 6 heteroatoms. The molecule has 2 N–H and O–H groups in total. The third-order valence-electron chi connectivity index (χ3n) is 1.36. The Hall–Kier alpha value is -1.01. The summed E-state index contributed by atoms with van der Waals surface area (Å²) >= 11 is 3.23. The van der Waals surface area contributed by atoms with Crippen LogP contribution in [0.5, 0.6) is 0 Å². The summed E-state index contributed by atoms with van der Waals surface area (Å²) < 4.78 is 4.96. The molecule has 1 aromatic heterocycles. The van der Waals surface area contributed by atoms with Crippen molar-refractivity contribution in [2.45, 2.75) is 5.01 Å². The fraction of sp³-hybridized carbons (Fsp3) is 0.286. The summed E-state index contributed by atoms with van der Waals surface area (Å²) in [7, 11) is 1.54. The largest absolute Gasteiger partial charge is 0.365 e. The first-order valence-corrected chi connectivity index (χ1v) is 4.35. The van der Waals surface area contributed by atoms with Gasteiger partial charge in [0, 0.05) is 25.1 Å². The van der Waals surface area contributed by atoms with Crippen LogP contribution >= 0.6 is 15.9 Å². The average Bonchev–Trinajstić information content (AvgIpc) is 2.17. The second kappa shape index (κ2) is 4.29. The molecule has 1 heterocycles. The van der Waals surface area contributed by atoms with E-state index in [1.54, 1.807) is 7.11 Å². The molecular weight excluding hydrogens is 238 g/mol. The number of carbonyl (C=O) groups excluding carboxylic acids is 1. The van der Waals surface area contributed by atoms with Crippen molar-refractivity contribution in [1.29, 1.82) is 0 Å². The minimum Gasteiger partial charge on any atom is -0.365 e. The van der Waals surface area contributed by atoms with Crippen LogP contribution < -0.4 is 5.73 Å². The van der Waals surface area contributed by atoms with Crippen LogP contribution in [0.15, 0.2) is 12.4 Å². The quantitative estimate of drug-likeness (QED) is 0.792. The highest BCUT2D eigenvalue weighted by Gasteiger charge is 2.08. The topological polar surface area (TPSA) is 78.1 Å². The Morgan fingerprint density at radius 1 is 1.62 bits per heavy atom. The van der Waals surface area contributed by atoms with Crippen molar-refractivity contribution >= 4 is 21.8 Å². The van der Waals surface area contributed by atoms with Gasteiger partial charge in [-0.15, -0.1) is 0 Å². The standard InChI is InChI=1S/C7H8BrN3O2/c1-13-5(8)4-2-10-7(6(9)12)11-3-4/h2-3,5H,1H3,(H2,9,12). The minimum absolute atomic E-state index is 0.000414. The number of nitrogens with two attached hydrogens (primary N) is 1. The Morgan fingerprint density at radius 3 is 2.54 bits per heavy atom. The number of methoxy groups -OCH3 is 1. The fourth-order valence-corrected chi connectivity index (χ4v) is 0.955. The number of carbonyl (C=O) groups is 1. The first-order valence-electron chi connectivity index (χ1n) is 3.43. The first kappa shape index (κ1) is 10.1. The van der Waals surface area contributed by atoms with Crippen LogP contribution in [-0.2, 0) is 4.74 Å². The van der Waals surface area contributed by atoms with Crippen LogP contribution in [0.2, 0.25) is 0 Å². The van der Waals surface area contributed by atoms with Crippen molar-refractivity contribution in [3.8, 4) is 0 Å². The molecule has 1 unspecified atom stereocenters. The maximum atomic E-state index is 10.6. The summed E-state index contributed by atoms with van der Waals surface area (Å²) in [4.78, 5) is 18.1. The van der Waals surface area contributed by atoms with Gasteiger partial charge in [0.2, 0.25) is 5.82 Å². The number of amides is 1. The number of hydrogen-bond donors (Lipinski definition) is 1. The zero-order valence-corrected chi connectivity index (χ0v) is 8.48. The van der Waals surface area contributed by atoms with Crippen molar-refractivity contribution in [1.82, 2.24) is 9.97 Å². The first-order chi connectivity index (χ1) is 6.15. The van der Waals surface area contributed by atoms with E-state index < -0.39 is 5.91 Å². The van der Waals surface area contributed by atoms with Gasteiger partial charge >= 0.3 is 0 Å². The summed E-state index contributed by atoms with van der Waals surface area (Å²) in [5.41, 5.74) is 5.69. The second-order valence-corrected chi connectivity index (χ2v) is 3.09. The predicted octanol–water partition coefficient (Wildman–Crippen LogP) is 0.615. The minimum atomic E-state index is -0.643. The zero-order valence-electron chi connectivity index (χ0n) is 6.90. The molecular formula is C7H8BrN3O2. The van der Waals surface area contributed by atoms with Crippen LogP contribution in [-0.4, -0.2) is 23.0 Å². The lowest BCUT2D eigenvalue weighted by Crippen LogP contribution is -2.15. The molecule has 13 heavy (non-hydrogen) atoms. The van der Waals surface area contributed by atoms with Gasteiger partial charge in [-0.2, -0.15) is 0 Å². The van der Waals surface area contributed by atoms with Crippen molar-refractivity contribution in [3.63, 3.8) is 0 Å². The third kappa shape index (κ3) is 2.46. The number of ether oxygens (including phenoxy) is 1. The van der Waals surface area contributed by atoms with Crippen molar-refractivity contribution < 1.29 is 9.53 Å². The van der Waals surface area contributed by atoms with Gasteiger partial charge < -0.3 is 10.5 Å². The third-order valence-corrected chi connectivity index (χ3v) is 2.26. The Balaban J connectivity index is 2.87. The van der Waals surface area contributed by atoms with Crippen molar-refractivity contribution in [2.24, 2.45) is 5.73 Å². The van der Waals surface area contributed by atoms with E-state index in [2.05, 4.69) is 25.9 Å². The van der Waals surface area contributed by atoms with Crippen LogP contribution in [0.1, 0.15) is 21.2 Å². The summed E-state index contributed by atoms with van der Waals surface area (Å²) in [5, 5.41) is -0.269. The van der Waals surface area contributed by atoms with Crippen LogP contribution in [0.3, 0.4) is 0 Å². The van der Waals surface area contributed by atoms with Crippen molar-refractivity contribution in [2.75, 3.05) is 7.11 Å². The van der Waals surface area contributed by atoms with Gasteiger partial charge in [-0.05, 0) is 0 Å². The van der Waals surface area contributed by atoms with Gasteiger partial charge in [0.05, 0.1) is 0 Å². The van der Waals surface area contributed by atoms with E-state index in [0.717, 1.165) is 5.56 Å². The van der Waals surface area contributed by atoms with Gasteiger partial charge in [0.1, 0.15) is 5.01 Å². The molecule has 70 valence electrons. The molecule has 0 aliphatic carbocycles. The van der Waals surface area contributed by atoms with Gasteiger partial charge in [-0.25, -0.2) is 9.97 Å². The van der Waals surface area contributed by atoms with E-state index in [0.29, 0.717) is 0 Å². The van der Waals surface area contributed by atoms with Crippen LogP contribution in [0.25, 0.3) is 0 Å². The van der Waals surface area contributed by atoms with Gasteiger partial charge in [0.25, 0.3) is 5.91 Å². The fourth-order valence-electron chi connectivity index (χ4n) is 0.719. The number of rotatable bonds is 3. The number of aromatic nitrogens is 2. The maximum absolute atomic E-state index is 10.6. The number of alkyl halides is 1. The van der Waals surface area contributed by atoms with Gasteiger partial charge in [-0.3, -0.25) is 4.79 Å². The number of primary amides is 1. The highest BCUT2D eigenvalue weighted by atomic mass is 79.9. The monoisotopic (exact) mass is 245 g/mol. The summed E-state index contributed by atoms with van der Waals surface area (Å²) in [5.74, 6) is -0.644. The Kier molecular flexibility index (Phi) is 3.32. The molecule has 0 radical (unpaired) electrons. The summed E-state index contributed by atoms with van der Waals surface area (Å²) in [6.45, 7) is 0. The van der Waals surface area contributed by atoms with Gasteiger partial charge in [0.15, 0.2) is 0 Å². The number of halogens is 1. The highest BCUT2D eigenvalue weighted by molar-refractivity contribution is 9.09. The van der Waals surface area contributed by atoms with E-state index >= 15 is 0 Å². The Labute approximate surface area is 83.4 Å². The SMILES string of the molecule is COC(Br)c1cnc(C(N)=O)nc1. The van der Waals surface area contributed by atoms with Crippen molar-refractivity contribution in [3.05, 3.63) is 23.8 Å². The molecule has 0 saturated carbocycles. The molecule has 0 aliphatic heterocycles. The average molecular weight is 246 g/mol. The predicted molar refractivity (Wildman–Crippen MR) is 49.2 cm³/mol. The second-order valence-electron chi connectivity index (χ2n) is 2.26. The molecule has 5 nitrogen and oxygen atoms in total. The molecule has 0 fully saturated rings. The number of nitrogens with zero attached hydrogens (tertiary/aromatic N) is 2. The molecule has 0 bridgehead atoms. The maximum Gasteiger partial charge on any atom is 0.286 e. The van der Waals surface area contributed by atoms with E-state index in [9.17, 15) is 4.79 Å². The zero-order chi connectivity index (χ0) is 9.84. The lowest BCUT2D eigenvalue weighted by atomic mass is 10.3. The molecule has 1 aromatic rings. The summed E-state index contributed by atoms with van der Waals surface area (Å²) in [6.07, 6.45) is 2.96. The molecule has 0 saturated heterocycles. The smallest absolute Gasteiger partial charge is 0.286 e. The molecule has 0 spiro atoms. The van der Waals surface area contributed by atoms with E-state index in [4.69, 9.17) is 10.5 Å². The Bertz CT molecular complexity index is 301. The van der Waals surface area contributed by atoms with Crippen LogP contribution in [0.4, 0.5) is 0 Å². The normalized spacial score (nSPS) is 12.5. The lowest BCUT2D eigenvalue weighted by Gasteiger charge is -2.06. The highest BCUT2D eigenvalue weighted by Crippen LogP contribution is 2.20. The van der Waals surface area contributed by atoms with Gasteiger partial charge in [-0.1, -0.05) is 15.9 Å².